The molecule has 31 heavy (non-hydrogen) atoms. The van der Waals surface area contributed by atoms with E-state index in [-0.39, 0.29) is 6.79 Å². The van der Waals surface area contributed by atoms with Crippen LogP contribution in [0.2, 0.25) is 0 Å². The summed E-state index contributed by atoms with van der Waals surface area (Å²) < 4.78 is 16.1. The van der Waals surface area contributed by atoms with E-state index in [1.165, 1.54) is 0 Å². The van der Waals surface area contributed by atoms with Gasteiger partial charge in [0.2, 0.25) is 12.7 Å². The Bertz CT molecular complexity index is 1210. The van der Waals surface area contributed by atoms with Crippen molar-refractivity contribution in [3.63, 3.8) is 0 Å². The molecule has 3 heterocycles. The van der Waals surface area contributed by atoms with Crippen molar-refractivity contribution in [3.05, 3.63) is 60.8 Å². The first-order valence-electron chi connectivity index (χ1n) is 9.63. The van der Waals surface area contributed by atoms with Crippen molar-refractivity contribution >= 4 is 23.1 Å². The lowest BCUT2D eigenvalue weighted by molar-refractivity contribution is 0.174. The molecule has 1 aliphatic heterocycles. The predicted molar refractivity (Wildman–Crippen MR) is 117 cm³/mol. The number of fused-ring (bicyclic) bond motifs is 1. The number of aromatic nitrogens is 4. The van der Waals surface area contributed by atoms with E-state index in [9.17, 15) is 0 Å². The summed E-state index contributed by atoms with van der Waals surface area (Å²) in [5.41, 5.74) is 2.59. The minimum atomic E-state index is 0.235. The second-order valence-corrected chi connectivity index (χ2v) is 6.83. The number of methoxy groups -OCH3 is 1. The number of aromatic amines is 1. The first-order valence-corrected chi connectivity index (χ1v) is 9.63. The van der Waals surface area contributed by atoms with Crippen LogP contribution in [0.3, 0.4) is 0 Å². The number of benzene rings is 2. The normalized spacial score (nSPS) is 11.9. The summed E-state index contributed by atoms with van der Waals surface area (Å²) in [4.78, 5) is 11.1. The minimum Gasteiger partial charge on any atom is -0.497 e. The second-order valence-electron chi connectivity index (χ2n) is 6.83. The Morgan fingerprint density at radius 2 is 1.90 bits per heavy atom. The molecule has 0 radical (unpaired) electrons. The van der Waals surface area contributed by atoms with Gasteiger partial charge in [-0.1, -0.05) is 0 Å². The Kier molecular flexibility index (Phi) is 4.75. The van der Waals surface area contributed by atoms with Gasteiger partial charge in [-0.05, 0) is 48.5 Å². The fourth-order valence-electron chi connectivity index (χ4n) is 3.31. The predicted octanol–water partition coefficient (Wildman–Crippen LogP) is 4.12. The largest absolute Gasteiger partial charge is 0.497 e. The molecule has 0 spiro atoms. The van der Waals surface area contributed by atoms with Crippen molar-refractivity contribution in [1.82, 2.24) is 20.2 Å². The number of anilines is 4. The summed E-state index contributed by atoms with van der Waals surface area (Å²) in [6, 6.07) is 17.1. The molecule has 156 valence electrons. The maximum atomic E-state index is 5.50. The smallest absolute Gasteiger partial charge is 0.246 e. The van der Waals surface area contributed by atoms with E-state index in [1.54, 1.807) is 13.3 Å². The average Bonchev–Trinajstić information content (AvgIpc) is 3.48. The average molecular weight is 416 g/mol. The first kappa shape index (κ1) is 18.7. The number of pyridine rings is 1. The van der Waals surface area contributed by atoms with Crippen molar-refractivity contribution in [2.75, 3.05) is 31.2 Å². The highest BCUT2D eigenvalue weighted by atomic mass is 16.7. The number of rotatable bonds is 6. The van der Waals surface area contributed by atoms with E-state index >= 15 is 0 Å². The van der Waals surface area contributed by atoms with Crippen LogP contribution >= 0.6 is 0 Å². The molecule has 0 saturated heterocycles. The maximum absolute atomic E-state index is 5.50. The summed E-state index contributed by atoms with van der Waals surface area (Å²) in [5.74, 6) is 4.03. The van der Waals surface area contributed by atoms with Gasteiger partial charge in [0.1, 0.15) is 11.6 Å². The molecule has 9 heteroatoms. The summed E-state index contributed by atoms with van der Waals surface area (Å²) in [6.07, 6.45) is 1.75. The van der Waals surface area contributed by atoms with Gasteiger partial charge >= 0.3 is 0 Å². The molecule has 5 rings (SSSR count). The van der Waals surface area contributed by atoms with E-state index < -0.39 is 0 Å². The van der Waals surface area contributed by atoms with Crippen LogP contribution in [0.15, 0.2) is 60.8 Å². The highest BCUT2D eigenvalue weighted by molar-refractivity contribution is 5.77. The SMILES string of the molecule is COc1ccc(Nc2n[nH]c(-c3cccnc3N(C)c3ccc4c(c3)OCO4)n2)cc1. The van der Waals surface area contributed by atoms with E-state index in [0.29, 0.717) is 17.5 Å². The molecule has 0 saturated carbocycles. The third-order valence-electron chi connectivity index (χ3n) is 4.93. The van der Waals surface area contributed by atoms with Gasteiger partial charge < -0.3 is 24.4 Å². The summed E-state index contributed by atoms with van der Waals surface area (Å²) in [6.45, 7) is 0.235. The molecule has 0 bridgehead atoms. The van der Waals surface area contributed by atoms with E-state index in [2.05, 4.69) is 25.5 Å². The molecule has 0 fully saturated rings. The number of nitrogens with zero attached hydrogens (tertiary/aromatic N) is 4. The highest BCUT2D eigenvalue weighted by Crippen LogP contribution is 2.38. The molecule has 2 N–H and O–H groups in total. The zero-order chi connectivity index (χ0) is 21.2. The lowest BCUT2D eigenvalue weighted by Crippen LogP contribution is -2.12. The van der Waals surface area contributed by atoms with Gasteiger partial charge in [-0.3, -0.25) is 5.10 Å². The number of ether oxygens (including phenoxy) is 3. The Hall–Kier alpha value is -4.27. The molecule has 0 amide bonds. The summed E-state index contributed by atoms with van der Waals surface area (Å²) in [7, 11) is 3.58. The third-order valence-corrected chi connectivity index (χ3v) is 4.93. The standard InChI is InChI=1S/C22H20N6O3/c1-28(15-7-10-18-19(12-15)31-13-30-18)21-17(4-3-11-23-21)20-25-22(27-26-20)24-14-5-8-16(29-2)9-6-14/h3-12H,13H2,1-2H3,(H2,24,25,26,27). The van der Waals surface area contributed by atoms with Crippen molar-refractivity contribution in [3.8, 4) is 28.6 Å². The molecule has 2 aromatic heterocycles. The quantitative estimate of drug-likeness (QED) is 0.485. The van der Waals surface area contributed by atoms with Crippen LogP contribution in [0.5, 0.6) is 17.2 Å². The molecule has 2 aromatic carbocycles. The van der Waals surface area contributed by atoms with Crippen molar-refractivity contribution in [2.24, 2.45) is 0 Å². The molecular weight excluding hydrogens is 396 g/mol. The second kappa shape index (κ2) is 7.86. The zero-order valence-electron chi connectivity index (χ0n) is 17.0. The maximum Gasteiger partial charge on any atom is 0.246 e. The fraction of sp³-hybridized carbons (Fsp3) is 0.136. The van der Waals surface area contributed by atoms with E-state index in [0.717, 1.165) is 34.3 Å². The number of hydrogen-bond acceptors (Lipinski definition) is 8. The van der Waals surface area contributed by atoms with Crippen molar-refractivity contribution < 1.29 is 14.2 Å². The monoisotopic (exact) mass is 416 g/mol. The summed E-state index contributed by atoms with van der Waals surface area (Å²) in [5, 5.41) is 10.5. The van der Waals surface area contributed by atoms with Crippen LogP contribution in [-0.4, -0.2) is 41.1 Å². The van der Waals surface area contributed by atoms with Gasteiger partial charge in [-0.15, -0.1) is 5.10 Å². The van der Waals surface area contributed by atoms with Gasteiger partial charge in [0.25, 0.3) is 0 Å². The van der Waals surface area contributed by atoms with Crippen LogP contribution in [0, 0.1) is 0 Å². The van der Waals surface area contributed by atoms with Crippen molar-refractivity contribution in [1.29, 1.82) is 0 Å². The zero-order valence-corrected chi connectivity index (χ0v) is 17.0. The number of H-pyrrole nitrogens is 1. The highest BCUT2D eigenvalue weighted by Gasteiger charge is 2.19. The Morgan fingerprint density at radius 1 is 1.06 bits per heavy atom. The van der Waals surface area contributed by atoms with Gasteiger partial charge in [-0.2, -0.15) is 4.98 Å². The molecule has 0 atom stereocenters. The fourth-order valence-corrected chi connectivity index (χ4v) is 3.31. The first-order chi connectivity index (χ1) is 15.2. The molecule has 4 aromatic rings. The van der Waals surface area contributed by atoms with Crippen LogP contribution in [-0.2, 0) is 0 Å². The lowest BCUT2D eigenvalue weighted by atomic mass is 10.2. The van der Waals surface area contributed by atoms with E-state index in [1.807, 2.05) is 66.5 Å². The third kappa shape index (κ3) is 3.68. The van der Waals surface area contributed by atoms with Crippen molar-refractivity contribution in [2.45, 2.75) is 0 Å². The number of nitrogens with one attached hydrogen (secondary N) is 2. The summed E-state index contributed by atoms with van der Waals surface area (Å²) >= 11 is 0. The van der Waals surface area contributed by atoms with Gasteiger partial charge in [0.15, 0.2) is 17.3 Å². The molecular formula is C22H20N6O3. The Balaban J connectivity index is 1.41. The Morgan fingerprint density at radius 3 is 2.74 bits per heavy atom. The molecule has 0 aliphatic carbocycles. The van der Waals surface area contributed by atoms with Gasteiger partial charge in [-0.25, -0.2) is 4.98 Å². The number of hydrogen-bond donors (Lipinski definition) is 2. The van der Waals surface area contributed by atoms with Gasteiger partial charge in [0, 0.05) is 30.7 Å². The van der Waals surface area contributed by atoms with Crippen LogP contribution in [0.25, 0.3) is 11.4 Å². The van der Waals surface area contributed by atoms with Crippen LogP contribution in [0.1, 0.15) is 0 Å². The minimum absolute atomic E-state index is 0.235. The molecule has 1 aliphatic rings. The Labute approximate surface area is 178 Å². The van der Waals surface area contributed by atoms with Crippen LogP contribution < -0.4 is 24.4 Å². The lowest BCUT2D eigenvalue weighted by Gasteiger charge is -2.20. The topological polar surface area (TPSA) is 97.4 Å². The molecule has 9 nitrogen and oxygen atoms in total. The molecule has 0 unspecified atom stereocenters. The van der Waals surface area contributed by atoms with E-state index in [4.69, 9.17) is 14.2 Å². The van der Waals surface area contributed by atoms with Crippen LogP contribution in [0.4, 0.5) is 23.1 Å². The van der Waals surface area contributed by atoms with Gasteiger partial charge in [0.05, 0.1) is 12.7 Å².